The molecule has 2 N–H and O–H groups in total. The maximum atomic E-state index is 9.69. The first-order valence-electron chi connectivity index (χ1n) is 5.98. The molecule has 1 atom stereocenters. The average molecular weight is 318 g/mol. The van der Waals surface area contributed by atoms with Gasteiger partial charge >= 0.3 is 0 Å². The summed E-state index contributed by atoms with van der Waals surface area (Å²) < 4.78 is 11.4. The molecule has 0 aromatic heterocycles. The number of nitrogens with one attached hydrogen (secondary N) is 1. The lowest BCUT2D eigenvalue weighted by Crippen LogP contribution is -2.32. The van der Waals surface area contributed by atoms with Crippen LogP contribution in [0.5, 0.6) is 5.75 Å². The van der Waals surface area contributed by atoms with Gasteiger partial charge in [-0.05, 0) is 37.2 Å². The Morgan fingerprint density at radius 2 is 2.06 bits per heavy atom. The van der Waals surface area contributed by atoms with Crippen molar-refractivity contribution in [2.45, 2.75) is 12.5 Å². The van der Waals surface area contributed by atoms with E-state index < -0.39 is 6.10 Å². The third kappa shape index (κ3) is 6.96. The van der Waals surface area contributed by atoms with Crippen LogP contribution in [0.2, 0.25) is 0 Å². The Morgan fingerprint density at radius 3 is 2.72 bits per heavy atom. The van der Waals surface area contributed by atoms with Crippen molar-refractivity contribution < 1.29 is 14.6 Å². The summed E-state index contributed by atoms with van der Waals surface area (Å²) in [5.74, 6) is 0.761. The molecule has 0 amide bonds. The van der Waals surface area contributed by atoms with E-state index in [1.807, 2.05) is 24.3 Å². The van der Waals surface area contributed by atoms with Crippen molar-refractivity contribution in [2.24, 2.45) is 0 Å². The van der Waals surface area contributed by atoms with Crippen LogP contribution in [0, 0.1) is 0 Å². The number of benzene rings is 1. The van der Waals surface area contributed by atoms with Gasteiger partial charge in [0.15, 0.2) is 0 Å². The standard InChI is InChI=1S/C13H20BrNO3/c1-17-8-2-7-15-9-12(16)10-18-13-5-3-11(14)4-6-13/h3-6,12,15-16H,2,7-10H2,1H3. The van der Waals surface area contributed by atoms with Gasteiger partial charge < -0.3 is 19.9 Å². The molecule has 0 spiro atoms. The van der Waals surface area contributed by atoms with E-state index in [0.717, 1.165) is 29.8 Å². The van der Waals surface area contributed by atoms with E-state index in [2.05, 4.69) is 21.2 Å². The zero-order valence-corrected chi connectivity index (χ0v) is 12.1. The molecule has 1 aromatic rings. The molecule has 0 aliphatic rings. The first-order valence-corrected chi connectivity index (χ1v) is 6.77. The molecular formula is C13H20BrNO3. The van der Waals surface area contributed by atoms with Crippen molar-refractivity contribution in [3.05, 3.63) is 28.7 Å². The third-order valence-corrected chi connectivity index (χ3v) is 2.87. The second-order valence-corrected chi connectivity index (χ2v) is 4.88. The largest absolute Gasteiger partial charge is 0.491 e. The maximum Gasteiger partial charge on any atom is 0.119 e. The molecule has 4 nitrogen and oxygen atoms in total. The molecule has 5 heteroatoms. The van der Waals surface area contributed by atoms with E-state index in [0.29, 0.717) is 13.2 Å². The summed E-state index contributed by atoms with van der Waals surface area (Å²) in [7, 11) is 1.68. The molecule has 1 aromatic carbocycles. The highest BCUT2D eigenvalue weighted by Crippen LogP contribution is 2.16. The summed E-state index contributed by atoms with van der Waals surface area (Å²) in [6.45, 7) is 2.39. The van der Waals surface area contributed by atoms with Crippen molar-refractivity contribution in [2.75, 3.05) is 33.4 Å². The SMILES string of the molecule is COCCCNCC(O)COc1ccc(Br)cc1. The minimum absolute atomic E-state index is 0.291. The van der Waals surface area contributed by atoms with Crippen LogP contribution in [0.25, 0.3) is 0 Å². The van der Waals surface area contributed by atoms with Gasteiger partial charge in [0.05, 0.1) is 0 Å². The predicted molar refractivity (Wildman–Crippen MR) is 75.0 cm³/mol. The minimum Gasteiger partial charge on any atom is -0.491 e. The van der Waals surface area contributed by atoms with E-state index in [1.165, 1.54) is 0 Å². The Hall–Kier alpha value is -0.620. The maximum absolute atomic E-state index is 9.69. The number of hydrogen-bond donors (Lipinski definition) is 2. The van der Waals surface area contributed by atoms with Crippen LogP contribution < -0.4 is 10.1 Å². The Bertz CT molecular complexity index is 319. The molecule has 1 unspecified atom stereocenters. The van der Waals surface area contributed by atoms with Crippen molar-refractivity contribution in [1.29, 1.82) is 0 Å². The summed E-state index contributed by atoms with van der Waals surface area (Å²) in [5.41, 5.74) is 0. The predicted octanol–water partition coefficient (Wildman–Crippen LogP) is 1.81. The second-order valence-electron chi connectivity index (χ2n) is 3.97. The van der Waals surface area contributed by atoms with E-state index >= 15 is 0 Å². The molecule has 18 heavy (non-hydrogen) atoms. The number of ether oxygens (including phenoxy) is 2. The minimum atomic E-state index is -0.504. The van der Waals surface area contributed by atoms with Crippen LogP contribution in [0.3, 0.4) is 0 Å². The Morgan fingerprint density at radius 1 is 1.33 bits per heavy atom. The summed E-state index contributed by atoms with van der Waals surface area (Å²) in [5, 5.41) is 12.8. The van der Waals surface area contributed by atoms with Gasteiger partial charge in [0, 0.05) is 24.7 Å². The van der Waals surface area contributed by atoms with Crippen molar-refractivity contribution >= 4 is 15.9 Å². The van der Waals surface area contributed by atoms with Crippen LogP contribution >= 0.6 is 15.9 Å². The fourth-order valence-corrected chi connectivity index (χ4v) is 1.66. The van der Waals surface area contributed by atoms with Crippen LogP contribution in [0.4, 0.5) is 0 Å². The van der Waals surface area contributed by atoms with Gasteiger partial charge in [-0.3, -0.25) is 0 Å². The Balaban J connectivity index is 2.09. The molecule has 0 aliphatic carbocycles. The van der Waals surface area contributed by atoms with E-state index in [9.17, 15) is 5.11 Å². The molecule has 0 aliphatic heterocycles. The van der Waals surface area contributed by atoms with Gasteiger partial charge in [-0.15, -0.1) is 0 Å². The number of aliphatic hydroxyl groups excluding tert-OH is 1. The number of aliphatic hydroxyl groups is 1. The molecule has 0 saturated heterocycles. The first-order chi connectivity index (χ1) is 8.72. The molecular weight excluding hydrogens is 298 g/mol. The molecule has 0 fully saturated rings. The van der Waals surface area contributed by atoms with Gasteiger partial charge in [0.2, 0.25) is 0 Å². The average Bonchev–Trinajstić information content (AvgIpc) is 2.38. The second kappa shape index (κ2) is 9.33. The zero-order valence-electron chi connectivity index (χ0n) is 10.6. The fourth-order valence-electron chi connectivity index (χ4n) is 1.39. The van der Waals surface area contributed by atoms with Gasteiger partial charge in [-0.2, -0.15) is 0 Å². The van der Waals surface area contributed by atoms with Gasteiger partial charge in [-0.1, -0.05) is 15.9 Å². The normalized spacial score (nSPS) is 12.4. The lowest BCUT2D eigenvalue weighted by atomic mass is 10.3. The van der Waals surface area contributed by atoms with E-state index in [4.69, 9.17) is 9.47 Å². The van der Waals surface area contributed by atoms with Crippen molar-refractivity contribution in [1.82, 2.24) is 5.32 Å². The van der Waals surface area contributed by atoms with Crippen LogP contribution in [0.15, 0.2) is 28.7 Å². The topological polar surface area (TPSA) is 50.7 Å². The number of rotatable bonds is 9. The summed E-state index contributed by atoms with van der Waals surface area (Å²) in [6, 6.07) is 7.54. The van der Waals surface area contributed by atoms with Crippen LogP contribution in [0.1, 0.15) is 6.42 Å². The smallest absolute Gasteiger partial charge is 0.119 e. The molecule has 0 bridgehead atoms. The summed E-state index contributed by atoms with van der Waals surface area (Å²) in [4.78, 5) is 0. The zero-order chi connectivity index (χ0) is 13.2. The number of hydrogen-bond acceptors (Lipinski definition) is 4. The molecule has 0 radical (unpaired) electrons. The first kappa shape index (κ1) is 15.4. The fraction of sp³-hybridized carbons (Fsp3) is 0.538. The van der Waals surface area contributed by atoms with E-state index in [1.54, 1.807) is 7.11 Å². The third-order valence-electron chi connectivity index (χ3n) is 2.34. The molecule has 0 heterocycles. The van der Waals surface area contributed by atoms with Gasteiger partial charge in [0.25, 0.3) is 0 Å². The quantitative estimate of drug-likeness (QED) is 0.682. The Labute approximate surface area is 116 Å². The lowest BCUT2D eigenvalue weighted by molar-refractivity contribution is 0.105. The highest BCUT2D eigenvalue weighted by atomic mass is 79.9. The number of halogens is 1. The lowest BCUT2D eigenvalue weighted by Gasteiger charge is -2.13. The highest BCUT2D eigenvalue weighted by molar-refractivity contribution is 9.10. The van der Waals surface area contributed by atoms with Crippen molar-refractivity contribution in [3.8, 4) is 5.75 Å². The van der Waals surface area contributed by atoms with Crippen LogP contribution in [-0.4, -0.2) is 44.6 Å². The highest BCUT2D eigenvalue weighted by Gasteiger charge is 2.04. The molecule has 1 rings (SSSR count). The summed E-state index contributed by atoms with van der Waals surface area (Å²) in [6.07, 6.45) is 0.438. The monoisotopic (exact) mass is 317 g/mol. The molecule has 0 saturated carbocycles. The van der Waals surface area contributed by atoms with Crippen LogP contribution in [-0.2, 0) is 4.74 Å². The van der Waals surface area contributed by atoms with E-state index in [-0.39, 0.29) is 0 Å². The van der Waals surface area contributed by atoms with Gasteiger partial charge in [-0.25, -0.2) is 0 Å². The summed E-state index contributed by atoms with van der Waals surface area (Å²) >= 11 is 3.36. The Kier molecular flexibility index (Phi) is 8.00. The number of methoxy groups -OCH3 is 1. The van der Waals surface area contributed by atoms with Crippen molar-refractivity contribution in [3.63, 3.8) is 0 Å². The van der Waals surface area contributed by atoms with Gasteiger partial charge in [0.1, 0.15) is 18.5 Å². The molecule has 102 valence electrons.